The number of aromatic nitrogens is 1. The summed E-state index contributed by atoms with van der Waals surface area (Å²) in [5, 5.41) is 11.1. The third-order valence-electron chi connectivity index (χ3n) is 3.17. The lowest BCUT2D eigenvalue weighted by Crippen LogP contribution is -2.25. The van der Waals surface area contributed by atoms with Gasteiger partial charge in [0.15, 0.2) is 11.5 Å². The minimum Gasteiger partial charge on any atom is -0.476 e. The lowest BCUT2D eigenvalue weighted by molar-refractivity contribution is -0.0197. The van der Waals surface area contributed by atoms with Crippen LogP contribution in [0.15, 0.2) is 21.9 Å². The minimum absolute atomic E-state index is 0.0883. The molecule has 0 saturated carbocycles. The fourth-order valence-corrected chi connectivity index (χ4v) is 2.38. The van der Waals surface area contributed by atoms with Crippen molar-refractivity contribution in [1.82, 2.24) is 4.98 Å². The molecule has 0 aliphatic carbocycles. The average molecular weight is 281 g/mol. The van der Waals surface area contributed by atoms with Gasteiger partial charge in [-0.05, 0) is 24.8 Å². The minimum atomic E-state index is -1.11. The molecule has 0 aliphatic rings. The summed E-state index contributed by atoms with van der Waals surface area (Å²) in [4.78, 5) is 16.2. The number of thiophene rings is 1. The number of rotatable bonds is 5. The van der Waals surface area contributed by atoms with Gasteiger partial charge < -0.3 is 14.3 Å². The number of hydrogen-bond donors (Lipinski definition) is 1. The molecule has 2 aromatic rings. The van der Waals surface area contributed by atoms with Gasteiger partial charge in [-0.15, -0.1) is 11.3 Å². The highest BCUT2D eigenvalue weighted by molar-refractivity contribution is 7.13. The number of oxazole rings is 1. The third-order valence-corrected chi connectivity index (χ3v) is 4.03. The van der Waals surface area contributed by atoms with Crippen LogP contribution in [0.2, 0.25) is 0 Å². The topological polar surface area (TPSA) is 72.6 Å². The first-order valence-corrected chi connectivity index (χ1v) is 6.73. The fourth-order valence-electron chi connectivity index (χ4n) is 1.73. The van der Waals surface area contributed by atoms with Gasteiger partial charge in [0.05, 0.1) is 4.88 Å². The summed E-state index contributed by atoms with van der Waals surface area (Å²) in [6.45, 7) is 3.70. The van der Waals surface area contributed by atoms with E-state index in [2.05, 4.69) is 4.98 Å². The molecule has 2 heterocycles. The maximum absolute atomic E-state index is 11.3. The van der Waals surface area contributed by atoms with Crippen LogP contribution < -0.4 is 0 Å². The molecule has 0 saturated heterocycles. The quantitative estimate of drug-likeness (QED) is 0.909. The van der Waals surface area contributed by atoms with Gasteiger partial charge in [-0.2, -0.15) is 0 Å². The number of carboxylic acid groups (broad SMARTS) is 1. The van der Waals surface area contributed by atoms with Gasteiger partial charge in [0.1, 0.15) is 5.60 Å². The van der Waals surface area contributed by atoms with Crippen molar-refractivity contribution in [2.75, 3.05) is 7.11 Å². The first-order chi connectivity index (χ1) is 9.01. The second-order valence-corrected chi connectivity index (χ2v) is 5.22. The highest BCUT2D eigenvalue weighted by atomic mass is 32.1. The molecule has 1 N–H and O–H groups in total. The van der Waals surface area contributed by atoms with E-state index in [1.165, 1.54) is 18.4 Å². The summed E-state index contributed by atoms with van der Waals surface area (Å²) in [6.07, 6.45) is 0.586. The summed E-state index contributed by atoms with van der Waals surface area (Å²) < 4.78 is 11.1. The molecule has 0 spiro atoms. The molecule has 6 heteroatoms. The van der Waals surface area contributed by atoms with E-state index in [1.54, 1.807) is 6.92 Å². The molecule has 2 rings (SSSR count). The Morgan fingerprint density at radius 3 is 2.84 bits per heavy atom. The molecule has 0 radical (unpaired) electrons. The highest BCUT2D eigenvalue weighted by Gasteiger charge is 2.35. The Bertz CT molecular complexity index is 569. The van der Waals surface area contributed by atoms with Crippen LogP contribution in [0, 0.1) is 0 Å². The monoisotopic (exact) mass is 281 g/mol. The lowest BCUT2D eigenvalue weighted by atomic mass is 9.98. The maximum atomic E-state index is 11.3. The first kappa shape index (κ1) is 13.8. The molecule has 5 nitrogen and oxygen atoms in total. The Balaban J connectivity index is 2.57. The summed E-state index contributed by atoms with van der Waals surface area (Å²) in [6, 6.07) is 3.70. The molecule has 2 aromatic heterocycles. The van der Waals surface area contributed by atoms with Crippen LogP contribution in [0.25, 0.3) is 10.8 Å². The molecule has 1 atom stereocenters. The zero-order chi connectivity index (χ0) is 14.0. The molecule has 0 aliphatic heterocycles. The number of carboxylic acids is 1. The van der Waals surface area contributed by atoms with Crippen LogP contribution in [0.1, 0.15) is 36.5 Å². The van der Waals surface area contributed by atoms with Crippen molar-refractivity contribution in [3.05, 3.63) is 29.0 Å². The second kappa shape index (κ2) is 5.14. The number of ether oxygens (including phenoxy) is 1. The van der Waals surface area contributed by atoms with E-state index in [4.69, 9.17) is 9.15 Å². The van der Waals surface area contributed by atoms with Crippen molar-refractivity contribution in [2.45, 2.75) is 25.9 Å². The van der Waals surface area contributed by atoms with Crippen LogP contribution in [0.4, 0.5) is 0 Å². The normalized spacial score (nSPS) is 14.3. The number of carbonyl (C=O) groups is 1. The van der Waals surface area contributed by atoms with E-state index in [-0.39, 0.29) is 11.5 Å². The molecule has 1 unspecified atom stereocenters. The molecule has 0 amide bonds. The van der Waals surface area contributed by atoms with Gasteiger partial charge in [-0.25, -0.2) is 9.78 Å². The van der Waals surface area contributed by atoms with Crippen LogP contribution >= 0.6 is 11.3 Å². The zero-order valence-corrected chi connectivity index (χ0v) is 11.8. The second-order valence-electron chi connectivity index (χ2n) is 4.27. The average Bonchev–Trinajstić information content (AvgIpc) is 3.05. The van der Waals surface area contributed by atoms with Gasteiger partial charge in [-0.1, -0.05) is 13.0 Å². The van der Waals surface area contributed by atoms with Gasteiger partial charge in [-0.3, -0.25) is 0 Å². The van der Waals surface area contributed by atoms with E-state index in [9.17, 15) is 9.90 Å². The van der Waals surface area contributed by atoms with Gasteiger partial charge >= 0.3 is 5.97 Å². The Morgan fingerprint density at radius 1 is 1.63 bits per heavy atom. The molecule has 0 fully saturated rings. The Labute approximate surface area is 114 Å². The van der Waals surface area contributed by atoms with Crippen molar-refractivity contribution in [3.8, 4) is 10.8 Å². The van der Waals surface area contributed by atoms with Crippen LogP contribution in [0.5, 0.6) is 0 Å². The molecule has 0 bridgehead atoms. The van der Waals surface area contributed by atoms with Crippen molar-refractivity contribution in [3.63, 3.8) is 0 Å². The van der Waals surface area contributed by atoms with E-state index in [0.717, 1.165) is 4.88 Å². The molecular formula is C13H15NO4S. The summed E-state index contributed by atoms with van der Waals surface area (Å²) >= 11 is 1.45. The van der Waals surface area contributed by atoms with Gasteiger partial charge in [0.25, 0.3) is 0 Å². The van der Waals surface area contributed by atoms with Crippen LogP contribution in [-0.2, 0) is 10.3 Å². The Kier molecular flexibility index (Phi) is 3.73. The largest absolute Gasteiger partial charge is 0.476 e. The third kappa shape index (κ3) is 2.41. The van der Waals surface area contributed by atoms with Crippen molar-refractivity contribution >= 4 is 17.3 Å². The maximum Gasteiger partial charge on any atom is 0.358 e. The van der Waals surface area contributed by atoms with E-state index >= 15 is 0 Å². The molecular weight excluding hydrogens is 266 g/mol. The lowest BCUT2D eigenvalue weighted by Gasteiger charge is -2.24. The van der Waals surface area contributed by atoms with Crippen LogP contribution in [0.3, 0.4) is 0 Å². The Hall–Kier alpha value is -1.66. The predicted octanol–water partition coefficient (Wildman–Crippen LogP) is 3.37. The highest BCUT2D eigenvalue weighted by Crippen LogP contribution is 2.35. The van der Waals surface area contributed by atoms with Gasteiger partial charge in [0, 0.05) is 7.11 Å². The van der Waals surface area contributed by atoms with Crippen molar-refractivity contribution < 1.29 is 19.1 Å². The standard InChI is InChI=1S/C13H15NO4S/c1-4-13(2,17-3)10-9(12(15)16)14-11(18-10)8-6-5-7-19-8/h5-7H,4H2,1-3H3,(H,15,16). The first-order valence-electron chi connectivity index (χ1n) is 5.85. The summed E-state index contributed by atoms with van der Waals surface area (Å²) in [5.74, 6) is -0.536. The fraction of sp³-hybridized carbons (Fsp3) is 0.385. The molecule has 19 heavy (non-hydrogen) atoms. The molecule has 102 valence electrons. The number of hydrogen-bond acceptors (Lipinski definition) is 5. The number of nitrogens with zero attached hydrogens (tertiary/aromatic N) is 1. The van der Waals surface area contributed by atoms with Crippen molar-refractivity contribution in [2.24, 2.45) is 0 Å². The van der Waals surface area contributed by atoms with Crippen molar-refractivity contribution in [1.29, 1.82) is 0 Å². The van der Waals surface area contributed by atoms with Crippen LogP contribution in [-0.4, -0.2) is 23.2 Å². The van der Waals surface area contributed by atoms with E-state index in [1.807, 2.05) is 24.4 Å². The summed E-state index contributed by atoms with van der Waals surface area (Å²) in [7, 11) is 1.53. The zero-order valence-electron chi connectivity index (χ0n) is 11.0. The Morgan fingerprint density at radius 2 is 2.37 bits per heavy atom. The van der Waals surface area contributed by atoms with Gasteiger partial charge in [0.2, 0.25) is 5.89 Å². The predicted molar refractivity (Wildman–Crippen MR) is 71.4 cm³/mol. The number of methoxy groups -OCH3 is 1. The van der Waals surface area contributed by atoms with E-state index in [0.29, 0.717) is 12.3 Å². The SMILES string of the molecule is CCC(C)(OC)c1oc(-c2cccs2)nc1C(=O)O. The van der Waals surface area contributed by atoms with E-state index < -0.39 is 11.6 Å². The number of aromatic carboxylic acids is 1. The summed E-state index contributed by atoms with van der Waals surface area (Å²) in [5.41, 5.74) is -0.884. The smallest absolute Gasteiger partial charge is 0.358 e. The molecule has 0 aromatic carbocycles.